The Morgan fingerprint density at radius 3 is 0.977 bits per heavy atom. The van der Waals surface area contributed by atoms with Gasteiger partial charge in [0.05, 0.1) is 38.8 Å². The number of hydrogen-bond acceptors (Lipinski definition) is 3. The van der Waals surface area contributed by atoms with E-state index in [0.29, 0.717) is 17.5 Å². The minimum absolute atomic E-state index is 0.584. The largest absolute Gasteiger partial charge is 0.309 e. The molecule has 7 heteroatoms. The first-order valence-electron chi connectivity index (χ1n) is 30.0. The SMILES string of the molecule is c1ccc(-c2nc(-c3ccccc3)nc(-c3ccc(-c4cccc([Si](c5ccccc5)(c5ccccc5)c5ccccc5)c4)c(-n4c5ccc(-n6c7ccccc7c7ccccc76)cc5c5cc(-n6c7ccccc7c7ccccc76)ccc54)c3)n2)cc1. The van der Waals surface area contributed by atoms with Gasteiger partial charge in [-0.25, -0.2) is 15.0 Å². The number of hydrogen-bond donors (Lipinski definition) is 0. The zero-order valence-corrected chi connectivity index (χ0v) is 48.9. The molecule has 0 saturated carbocycles. The molecule has 0 radical (unpaired) electrons. The van der Waals surface area contributed by atoms with E-state index in [-0.39, 0.29) is 0 Å². The molecule has 0 aliphatic carbocycles. The summed E-state index contributed by atoms with van der Waals surface area (Å²) in [4.78, 5) is 15.8. The summed E-state index contributed by atoms with van der Waals surface area (Å²) in [5.74, 6) is 1.80. The summed E-state index contributed by atoms with van der Waals surface area (Å²) in [7, 11) is -2.96. The monoisotopic (exact) mass is 1140 g/mol. The second-order valence-corrected chi connectivity index (χ2v) is 26.5. The van der Waals surface area contributed by atoms with Gasteiger partial charge in [0.1, 0.15) is 0 Å². The maximum Gasteiger partial charge on any atom is 0.179 e. The van der Waals surface area contributed by atoms with E-state index >= 15 is 0 Å². The Balaban J connectivity index is 0.970. The maximum atomic E-state index is 5.34. The van der Waals surface area contributed by atoms with E-state index in [1.54, 1.807) is 0 Å². The summed E-state index contributed by atoms with van der Waals surface area (Å²) in [5, 5.41) is 12.4. The highest BCUT2D eigenvalue weighted by atomic mass is 28.3. The molecular formula is C81H54N6Si. The van der Waals surface area contributed by atoms with Crippen molar-refractivity contribution in [3.63, 3.8) is 0 Å². The molecule has 6 nitrogen and oxygen atoms in total. The molecule has 88 heavy (non-hydrogen) atoms. The quantitative estimate of drug-likeness (QED) is 0.0958. The number of para-hydroxylation sites is 4. The molecule has 412 valence electrons. The summed E-state index contributed by atoms with van der Waals surface area (Å²) in [6.07, 6.45) is 0. The summed E-state index contributed by atoms with van der Waals surface area (Å²) in [6.45, 7) is 0. The van der Waals surface area contributed by atoms with Crippen LogP contribution >= 0.6 is 0 Å². The fourth-order valence-corrected chi connectivity index (χ4v) is 18.8. The highest BCUT2D eigenvalue weighted by Crippen LogP contribution is 2.42. The van der Waals surface area contributed by atoms with Gasteiger partial charge in [0.25, 0.3) is 0 Å². The predicted molar refractivity (Wildman–Crippen MR) is 368 cm³/mol. The van der Waals surface area contributed by atoms with Gasteiger partial charge in [0.2, 0.25) is 0 Å². The van der Waals surface area contributed by atoms with E-state index in [4.69, 9.17) is 15.0 Å². The summed E-state index contributed by atoms with van der Waals surface area (Å²) in [6, 6.07) is 119. The molecule has 17 rings (SSSR count). The molecule has 0 bridgehead atoms. The van der Waals surface area contributed by atoms with Gasteiger partial charge in [0.15, 0.2) is 25.5 Å². The molecule has 0 aliphatic rings. The summed E-state index contributed by atoms with van der Waals surface area (Å²) in [5.41, 5.74) is 14.8. The molecule has 13 aromatic carbocycles. The van der Waals surface area contributed by atoms with Gasteiger partial charge >= 0.3 is 0 Å². The Labute approximate surface area is 509 Å². The van der Waals surface area contributed by atoms with Crippen molar-refractivity contribution in [2.75, 3.05) is 0 Å². The normalized spacial score (nSPS) is 11.9. The Bertz CT molecular complexity index is 5070. The summed E-state index contributed by atoms with van der Waals surface area (Å²) >= 11 is 0. The molecule has 0 unspecified atom stereocenters. The average molecular weight is 1140 g/mol. The molecule has 17 aromatic rings. The van der Waals surface area contributed by atoms with Gasteiger partial charge in [-0.1, -0.05) is 261 Å². The number of benzene rings is 13. The van der Waals surface area contributed by atoms with Gasteiger partial charge in [-0.05, 0) is 93.0 Å². The van der Waals surface area contributed by atoms with Gasteiger partial charge in [-0.2, -0.15) is 0 Å². The van der Waals surface area contributed by atoms with Crippen molar-refractivity contribution in [1.82, 2.24) is 28.7 Å². The second kappa shape index (κ2) is 20.9. The first-order valence-corrected chi connectivity index (χ1v) is 32.0. The van der Waals surface area contributed by atoms with E-state index < -0.39 is 8.07 Å². The van der Waals surface area contributed by atoms with Crippen molar-refractivity contribution in [2.45, 2.75) is 0 Å². The molecule has 0 spiro atoms. The van der Waals surface area contributed by atoms with Gasteiger partial charge in [-0.15, -0.1) is 0 Å². The van der Waals surface area contributed by atoms with Crippen molar-refractivity contribution >= 4 is 94.2 Å². The van der Waals surface area contributed by atoms with Crippen LogP contribution in [-0.2, 0) is 0 Å². The van der Waals surface area contributed by atoms with Crippen molar-refractivity contribution in [1.29, 1.82) is 0 Å². The minimum atomic E-state index is -2.96. The van der Waals surface area contributed by atoms with Crippen LogP contribution in [0.5, 0.6) is 0 Å². The van der Waals surface area contributed by atoms with Crippen LogP contribution in [0.2, 0.25) is 0 Å². The third-order valence-electron chi connectivity index (χ3n) is 17.8. The molecule has 4 aromatic heterocycles. The Hall–Kier alpha value is -11.5. The standard InChI is InChI=1S/C81H54N6Si/c1-6-25-55(26-7-1)79-82-80(56-27-8-2-9-28-56)84-81(83-79)58-45-48-65(57-29-24-36-64(51-57)88(61-30-10-3-11-31-61,62-32-12-4-13-33-62)63-34-14-5-15-35-63)78(52-58)87-76-49-46-59(85-72-41-20-16-37-66(72)67-38-17-21-42-73(67)85)53-70(76)71-54-60(47-50-77(71)87)86-74-43-22-18-39-68(74)69-40-19-23-44-75(69)86/h1-54H. The Morgan fingerprint density at radius 2 is 0.557 bits per heavy atom. The summed E-state index contributed by atoms with van der Waals surface area (Å²) < 4.78 is 7.36. The molecule has 0 N–H and O–H groups in total. The zero-order valence-electron chi connectivity index (χ0n) is 47.9. The lowest BCUT2D eigenvalue weighted by Crippen LogP contribution is -2.74. The van der Waals surface area contributed by atoms with E-state index in [0.717, 1.165) is 88.8 Å². The van der Waals surface area contributed by atoms with Crippen LogP contribution in [0.4, 0.5) is 0 Å². The van der Waals surface area contributed by atoms with Crippen LogP contribution in [0.25, 0.3) is 128 Å². The third-order valence-corrected chi connectivity index (χ3v) is 22.6. The highest BCUT2D eigenvalue weighted by molar-refractivity contribution is 7.20. The molecule has 0 amide bonds. The van der Waals surface area contributed by atoms with Gasteiger partial charge < -0.3 is 13.7 Å². The van der Waals surface area contributed by atoms with Crippen molar-refractivity contribution in [3.05, 3.63) is 328 Å². The topological polar surface area (TPSA) is 53.5 Å². The lowest BCUT2D eigenvalue weighted by Gasteiger charge is -2.34. The van der Waals surface area contributed by atoms with Crippen LogP contribution in [0.15, 0.2) is 328 Å². The lowest BCUT2D eigenvalue weighted by atomic mass is 10.0. The van der Waals surface area contributed by atoms with Crippen LogP contribution < -0.4 is 20.7 Å². The number of aromatic nitrogens is 6. The maximum absolute atomic E-state index is 5.34. The van der Waals surface area contributed by atoms with E-state index in [2.05, 4.69) is 305 Å². The van der Waals surface area contributed by atoms with Crippen molar-refractivity contribution in [2.24, 2.45) is 0 Å². The van der Waals surface area contributed by atoms with Crippen LogP contribution in [0.1, 0.15) is 0 Å². The molecule has 0 fully saturated rings. The van der Waals surface area contributed by atoms with E-state index in [1.807, 2.05) is 36.4 Å². The molecule has 0 saturated heterocycles. The van der Waals surface area contributed by atoms with Gasteiger partial charge in [-0.3, -0.25) is 0 Å². The number of rotatable bonds is 11. The first kappa shape index (κ1) is 51.0. The molecular weight excluding hydrogens is 1090 g/mol. The Kier molecular flexibility index (Phi) is 12.1. The minimum Gasteiger partial charge on any atom is -0.309 e. The van der Waals surface area contributed by atoms with E-state index in [1.165, 1.54) is 42.3 Å². The number of nitrogens with zero attached hydrogens (tertiary/aromatic N) is 6. The lowest BCUT2D eigenvalue weighted by molar-refractivity contribution is 1.07. The van der Waals surface area contributed by atoms with Crippen LogP contribution in [-0.4, -0.2) is 36.7 Å². The zero-order chi connectivity index (χ0) is 58.1. The fourth-order valence-electron chi connectivity index (χ4n) is 14.0. The molecule has 0 aliphatic heterocycles. The van der Waals surface area contributed by atoms with Crippen molar-refractivity contribution < 1.29 is 0 Å². The molecule has 4 heterocycles. The van der Waals surface area contributed by atoms with Crippen molar-refractivity contribution in [3.8, 4) is 62.4 Å². The first-order chi connectivity index (χ1) is 43.7. The highest BCUT2D eigenvalue weighted by Gasteiger charge is 2.41. The number of fused-ring (bicyclic) bond motifs is 9. The third kappa shape index (κ3) is 8.20. The smallest absolute Gasteiger partial charge is 0.179 e. The van der Waals surface area contributed by atoms with Crippen LogP contribution in [0.3, 0.4) is 0 Å². The fraction of sp³-hybridized carbons (Fsp3) is 0. The predicted octanol–water partition coefficient (Wildman–Crippen LogP) is 17.2. The van der Waals surface area contributed by atoms with Crippen LogP contribution in [0, 0.1) is 0 Å². The van der Waals surface area contributed by atoms with Gasteiger partial charge in [0, 0.05) is 65.9 Å². The average Bonchev–Trinajstić information content (AvgIpc) is 1.54. The molecule has 0 atom stereocenters. The van der Waals surface area contributed by atoms with E-state index in [9.17, 15) is 0 Å². The second-order valence-electron chi connectivity index (χ2n) is 22.7. The Morgan fingerprint density at radius 1 is 0.216 bits per heavy atom.